The summed E-state index contributed by atoms with van der Waals surface area (Å²) in [6.07, 6.45) is 4.55. The zero-order valence-corrected chi connectivity index (χ0v) is 9.42. The summed E-state index contributed by atoms with van der Waals surface area (Å²) in [6, 6.07) is 0.371. The molecule has 2 atom stereocenters. The first kappa shape index (κ1) is 10.5. The van der Waals surface area contributed by atoms with Crippen LogP contribution in [0.25, 0.3) is 0 Å². The zero-order chi connectivity index (χ0) is 10.8. The highest BCUT2D eigenvalue weighted by Gasteiger charge is 2.33. The monoisotopic (exact) mass is 209 g/mol. The molecule has 1 amide bonds. The lowest BCUT2D eigenvalue weighted by atomic mass is 9.97. The molecule has 4 heteroatoms. The van der Waals surface area contributed by atoms with Crippen molar-refractivity contribution in [2.75, 3.05) is 0 Å². The SMILES string of the molecule is CCCC(C)C1N=C(NC2CC2)NC1=O. The minimum atomic E-state index is -0.175. The van der Waals surface area contributed by atoms with Crippen molar-refractivity contribution in [3.05, 3.63) is 0 Å². The third-order valence-electron chi connectivity index (χ3n) is 2.98. The molecule has 0 bridgehead atoms. The Kier molecular flexibility index (Phi) is 2.93. The maximum absolute atomic E-state index is 11.6. The van der Waals surface area contributed by atoms with Crippen LogP contribution in [0.5, 0.6) is 0 Å². The minimum Gasteiger partial charge on any atom is -0.353 e. The van der Waals surface area contributed by atoms with Gasteiger partial charge in [0, 0.05) is 6.04 Å². The van der Waals surface area contributed by atoms with E-state index in [1.165, 1.54) is 12.8 Å². The molecule has 15 heavy (non-hydrogen) atoms. The molecule has 2 aliphatic rings. The van der Waals surface area contributed by atoms with E-state index in [0.29, 0.717) is 17.9 Å². The molecule has 1 fully saturated rings. The summed E-state index contributed by atoms with van der Waals surface area (Å²) >= 11 is 0. The van der Waals surface area contributed by atoms with Crippen molar-refractivity contribution in [1.82, 2.24) is 10.6 Å². The maximum Gasteiger partial charge on any atom is 0.251 e. The normalized spacial score (nSPS) is 27.2. The van der Waals surface area contributed by atoms with E-state index in [-0.39, 0.29) is 11.9 Å². The summed E-state index contributed by atoms with van der Waals surface area (Å²) in [4.78, 5) is 16.0. The van der Waals surface area contributed by atoms with Gasteiger partial charge in [0.2, 0.25) is 0 Å². The Labute approximate surface area is 90.5 Å². The number of nitrogens with one attached hydrogen (secondary N) is 2. The van der Waals surface area contributed by atoms with E-state index in [9.17, 15) is 4.79 Å². The average molecular weight is 209 g/mol. The largest absolute Gasteiger partial charge is 0.353 e. The van der Waals surface area contributed by atoms with Crippen LogP contribution in [0.2, 0.25) is 0 Å². The fourth-order valence-corrected chi connectivity index (χ4v) is 1.91. The van der Waals surface area contributed by atoms with E-state index >= 15 is 0 Å². The highest BCUT2D eigenvalue weighted by atomic mass is 16.2. The van der Waals surface area contributed by atoms with Crippen LogP contribution in [0.15, 0.2) is 4.99 Å². The van der Waals surface area contributed by atoms with E-state index in [2.05, 4.69) is 29.5 Å². The van der Waals surface area contributed by atoms with Gasteiger partial charge in [-0.25, -0.2) is 4.99 Å². The first-order chi connectivity index (χ1) is 7.20. The fourth-order valence-electron chi connectivity index (χ4n) is 1.91. The third kappa shape index (κ3) is 2.49. The van der Waals surface area contributed by atoms with Crippen molar-refractivity contribution in [3.8, 4) is 0 Å². The summed E-state index contributed by atoms with van der Waals surface area (Å²) in [6.45, 7) is 4.23. The summed E-state index contributed by atoms with van der Waals surface area (Å²) < 4.78 is 0. The Morgan fingerprint density at radius 2 is 2.33 bits per heavy atom. The van der Waals surface area contributed by atoms with Crippen molar-refractivity contribution in [2.24, 2.45) is 10.9 Å². The number of hydrogen-bond acceptors (Lipinski definition) is 3. The van der Waals surface area contributed by atoms with Gasteiger partial charge in [-0.3, -0.25) is 10.1 Å². The van der Waals surface area contributed by atoms with Crippen molar-refractivity contribution >= 4 is 11.9 Å². The molecular weight excluding hydrogens is 190 g/mol. The standard InChI is InChI=1S/C11H19N3O/c1-3-4-7(2)9-10(15)14-11(13-9)12-8-5-6-8/h7-9H,3-6H2,1-2H3,(H2,12,13,14,15). The predicted molar refractivity (Wildman–Crippen MR) is 59.6 cm³/mol. The molecule has 0 aromatic rings. The maximum atomic E-state index is 11.6. The van der Waals surface area contributed by atoms with E-state index in [1.54, 1.807) is 0 Å². The van der Waals surface area contributed by atoms with Gasteiger partial charge in [0.25, 0.3) is 5.91 Å². The molecule has 2 N–H and O–H groups in total. The number of hydrogen-bond donors (Lipinski definition) is 2. The topological polar surface area (TPSA) is 53.5 Å². The molecule has 0 spiro atoms. The fraction of sp³-hybridized carbons (Fsp3) is 0.818. The number of rotatable bonds is 4. The summed E-state index contributed by atoms with van der Waals surface area (Å²) in [5.41, 5.74) is 0. The molecule has 4 nitrogen and oxygen atoms in total. The molecule has 1 saturated carbocycles. The van der Waals surface area contributed by atoms with Crippen LogP contribution >= 0.6 is 0 Å². The van der Waals surface area contributed by atoms with Crippen LogP contribution in [-0.2, 0) is 4.79 Å². The second-order valence-corrected chi connectivity index (χ2v) is 4.60. The predicted octanol–water partition coefficient (Wildman–Crippen LogP) is 1.03. The number of amides is 1. The minimum absolute atomic E-state index is 0.0547. The second-order valence-electron chi connectivity index (χ2n) is 4.60. The lowest BCUT2D eigenvalue weighted by Crippen LogP contribution is -2.39. The van der Waals surface area contributed by atoms with Gasteiger partial charge in [-0.15, -0.1) is 0 Å². The second kappa shape index (κ2) is 4.21. The molecule has 1 heterocycles. The Hall–Kier alpha value is -1.06. The van der Waals surface area contributed by atoms with Crippen LogP contribution in [-0.4, -0.2) is 24.0 Å². The molecule has 2 rings (SSSR count). The van der Waals surface area contributed by atoms with Crippen molar-refractivity contribution in [3.63, 3.8) is 0 Å². The number of aliphatic imine (C=N–C) groups is 1. The first-order valence-electron chi connectivity index (χ1n) is 5.86. The van der Waals surface area contributed by atoms with E-state index < -0.39 is 0 Å². The van der Waals surface area contributed by atoms with E-state index in [4.69, 9.17) is 0 Å². The Morgan fingerprint density at radius 1 is 1.60 bits per heavy atom. The molecule has 0 aromatic carbocycles. The Balaban J connectivity index is 1.92. The summed E-state index contributed by atoms with van der Waals surface area (Å²) in [5.74, 6) is 1.09. The Bertz CT molecular complexity index is 284. The number of guanidine groups is 1. The molecule has 1 aliphatic heterocycles. The molecule has 0 saturated heterocycles. The van der Waals surface area contributed by atoms with Gasteiger partial charge < -0.3 is 5.32 Å². The van der Waals surface area contributed by atoms with Crippen LogP contribution in [0.3, 0.4) is 0 Å². The van der Waals surface area contributed by atoms with Gasteiger partial charge in [-0.05, 0) is 25.2 Å². The van der Waals surface area contributed by atoms with Gasteiger partial charge in [0.15, 0.2) is 5.96 Å². The van der Waals surface area contributed by atoms with E-state index in [1.807, 2.05) is 0 Å². The molecule has 0 radical (unpaired) electrons. The van der Waals surface area contributed by atoms with Crippen LogP contribution in [0.1, 0.15) is 39.5 Å². The van der Waals surface area contributed by atoms with Crippen LogP contribution in [0.4, 0.5) is 0 Å². The Morgan fingerprint density at radius 3 is 2.93 bits per heavy atom. The van der Waals surface area contributed by atoms with Crippen molar-refractivity contribution in [2.45, 2.75) is 51.6 Å². The zero-order valence-electron chi connectivity index (χ0n) is 9.42. The molecule has 0 aromatic heterocycles. The third-order valence-corrected chi connectivity index (χ3v) is 2.98. The highest BCUT2D eigenvalue weighted by Crippen LogP contribution is 2.21. The molecule has 84 valence electrons. The summed E-state index contributed by atoms with van der Waals surface area (Å²) in [5, 5.41) is 6.04. The number of carbonyl (C=O) groups is 1. The van der Waals surface area contributed by atoms with Crippen LogP contribution in [0, 0.1) is 5.92 Å². The lowest BCUT2D eigenvalue weighted by molar-refractivity contribution is -0.121. The molecule has 1 aliphatic carbocycles. The van der Waals surface area contributed by atoms with Crippen molar-refractivity contribution < 1.29 is 4.79 Å². The van der Waals surface area contributed by atoms with Crippen LogP contribution < -0.4 is 10.6 Å². The van der Waals surface area contributed by atoms with Gasteiger partial charge >= 0.3 is 0 Å². The quantitative estimate of drug-likeness (QED) is 0.726. The molecule has 2 unspecified atom stereocenters. The average Bonchev–Trinajstić information content (AvgIpc) is 2.90. The van der Waals surface area contributed by atoms with Gasteiger partial charge in [0.05, 0.1) is 0 Å². The van der Waals surface area contributed by atoms with E-state index in [0.717, 1.165) is 12.8 Å². The van der Waals surface area contributed by atoms with Crippen molar-refractivity contribution in [1.29, 1.82) is 0 Å². The first-order valence-corrected chi connectivity index (χ1v) is 5.86. The highest BCUT2D eigenvalue weighted by molar-refractivity contribution is 6.05. The van der Waals surface area contributed by atoms with Gasteiger partial charge in [-0.2, -0.15) is 0 Å². The number of carbonyl (C=O) groups excluding carboxylic acids is 1. The summed E-state index contributed by atoms with van der Waals surface area (Å²) in [7, 11) is 0. The smallest absolute Gasteiger partial charge is 0.251 e. The van der Waals surface area contributed by atoms with Gasteiger partial charge in [-0.1, -0.05) is 20.3 Å². The van der Waals surface area contributed by atoms with Gasteiger partial charge in [0.1, 0.15) is 6.04 Å². The lowest BCUT2D eigenvalue weighted by Gasteiger charge is -2.12. The molecular formula is C11H19N3O. The number of nitrogens with zero attached hydrogens (tertiary/aromatic N) is 1.